The fraction of sp³-hybridized carbons (Fsp3) is 0.0526. The number of hydrogen-bond donors (Lipinski definition) is 2. The molecule has 0 unspecified atom stereocenters. The largest absolute Gasteiger partial charge is 0.476 e. The van der Waals surface area contributed by atoms with Crippen LogP contribution in [-0.4, -0.2) is 29.0 Å². The van der Waals surface area contributed by atoms with Gasteiger partial charge in [-0.15, -0.1) is 11.3 Å². The fourth-order valence-electron chi connectivity index (χ4n) is 3.09. The van der Waals surface area contributed by atoms with Gasteiger partial charge in [-0.05, 0) is 35.7 Å². The number of carboxylic acid groups (broad SMARTS) is 1. The molecule has 0 fully saturated rings. The van der Waals surface area contributed by atoms with Gasteiger partial charge in [-0.25, -0.2) is 27.7 Å². The number of thiazole rings is 1. The van der Waals surface area contributed by atoms with Gasteiger partial charge in [-0.2, -0.15) is 0 Å². The molecule has 148 valence electrons. The molecule has 29 heavy (non-hydrogen) atoms. The minimum atomic E-state index is -3.78. The van der Waals surface area contributed by atoms with Crippen LogP contribution in [0.5, 0.6) is 0 Å². The molecule has 0 aliphatic carbocycles. The summed E-state index contributed by atoms with van der Waals surface area (Å²) in [5, 5.41) is 16.6. The summed E-state index contributed by atoms with van der Waals surface area (Å²) >= 11 is 1.10. The van der Waals surface area contributed by atoms with E-state index in [2.05, 4.69) is 4.98 Å². The molecule has 3 N–H and O–H groups in total. The number of benzene rings is 2. The van der Waals surface area contributed by atoms with Crippen molar-refractivity contribution >= 4 is 38.2 Å². The van der Waals surface area contributed by atoms with E-state index in [0.29, 0.717) is 22.5 Å². The summed E-state index contributed by atoms with van der Waals surface area (Å²) in [6.07, 6.45) is 2.13. The number of nitrogens with two attached hydrogens (primary N) is 1. The number of aromatic carboxylic acids is 1. The van der Waals surface area contributed by atoms with Crippen LogP contribution in [0.4, 0.5) is 4.39 Å². The summed E-state index contributed by atoms with van der Waals surface area (Å²) in [5.41, 5.74) is 1.79. The van der Waals surface area contributed by atoms with Gasteiger partial charge in [0.25, 0.3) is 0 Å². The first-order chi connectivity index (χ1) is 13.7. The van der Waals surface area contributed by atoms with Crippen molar-refractivity contribution in [2.45, 2.75) is 11.3 Å². The van der Waals surface area contributed by atoms with Crippen LogP contribution in [0.1, 0.15) is 21.6 Å². The second-order valence-electron chi connectivity index (χ2n) is 6.35. The van der Waals surface area contributed by atoms with Crippen LogP contribution in [-0.2, 0) is 16.4 Å². The number of fused-ring (bicyclic) bond motifs is 1. The van der Waals surface area contributed by atoms with Crippen LogP contribution in [0, 0.1) is 5.82 Å². The van der Waals surface area contributed by atoms with E-state index in [4.69, 9.17) is 10.2 Å². The van der Waals surface area contributed by atoms with Crippen molar-refractivity contribution in [1.82, 2.24) is 9.55 Å². The van der Waals surface area contributed by atoms with Crippen LogP contribution >= 0.6 is 11.3 Å². The normalized spacial score (nSPS) is 11.8. The van der Waals surface area contributed by atoms with Crippen LogP contribution < -0.4 is 5.14 Å². The Morgan fingerprint density at radius 1 is 1.21 bits per heavy atom. The first-order valence-corrected chi connectivity index (χ1v) is 10.8. The SMILES string of the molecule is NS(=O)(=O)c1ccc(Cc2cn(-c3nc(C(=O)O)cs3)c3c(F)cccc23)cc1. The number of nitrogens with zero attached hydrogens (tertiary/aromatic N) is 2. The highest BCUT2D eigenvalue weighted by Crippen LogP contribution is 2.30. The number of carbonyl (C=O) groups is 1. The van der Waals surface area contributed by atoms with Crippen LogP contribution in [0.15, 0.2) is 58.9 Å². The molecule has 4 rings (SSSR count). The lowest BCUT2D eigenvalue weighted by molar-refractivity contribution is 0.0691. The van der Waals surface area contributed by atoms with Gasteiger partial charge in [0, 0.05) is 17.0 Å². The molecule has 0 atom stereocenters. The average molecular weight is 431 g/mol. The molecule has 0 spiro atoms. The third-order valence-electron chi connectivity index (χ3n) is 4.42. The molecule has 2 aromatic carbocycles. The smallest absolute Gasteiger partial charge is 0.355 e. The zero-order valence-electron chi connectivity index (χ0n) is 14.7. The predicted molar refractivity (Wildman–Crippen MR) is 106 cm³/mol. The van der Waals surface area contributed by atoms with Gasteiger partial charge in [0.05, 0.1) is 10.4 Å². The van der Waals surface area contributed by atoms with E-state index >= 15 is 0 Å². The van der Waals surface area contributed by atoms with E-state index in [1.807, 2.05) is 0 Å². The van der Waals surface area contributed by atoms with Crippen molar-refractivity contribution in [3.05, 3.63) is 76.7 Å². The van der Waals surface area contributed by atoms with Gasteiger partial charge in [-0.3, -0.25) is 4.57 Å². The van der Waals surface area contributed by atoms with Crippen LogP contribution in [0.3, 0.4) is 0 Å². The standard InChI is InChI=1S/C19H14FN3O4S2/c20-15-3-1-2-14-12(8-11-4-6-13(7-5-11)29(21,26)27)9-23(17(14)15)19-22-16(10-28-19)18(24)25/h1-7,9-10H,8H2,(H,24,25)(H2,21,26,27). The molecule has 2 heterocycles. The number of hydrogen-bond acceptors (Lipinski definition) is 5. The maximum atomic E-state index is 14.6. The van der Waals surface area contributed by atoms with Crippen molar-refractivity contribution in [2.24, 2.45) is 5.14 Å². The molecule has 0 saturated heterocycles. The first-order valence-electron chi connectivity index (χ1n) is 8.33. The number of para-hydroxylation sites is 1. The molecule has 0 radical (unpaired) electrons. The van der Waals surface area contributed by atoms with E-state index in [9.17, 15) is 17.6 Å². The minimum absolute atomic E-state index is 0.0127. The van der Waals surface area contributed by atoms with Gasteiger partial charge in [0.1, 0.15) is 5.82 Å². The van der Waals surface area contributed by atoms with Gasteiger partial charge in [-0.1, -0.05) is 24.3 Å². The van der Waals surface area contributed by atoms with Crippen molar-refractivity contribution in [2.75, 3.05) is 0 Å². The zero-order chi connectivity index (χ0) is 20.8. The third kappa shape index (κ3) is 3.65. The number of rotatable bonds is 5. The number of sulfonamides is 1. The Labute approximate surface area is 168 Å². The molecule has 0 aliphatic heterocycles. The van der Waals surface area contributed by atoms with Crippen molar-refractivity contribution in [1.29, 1.82) is 0 Å². The van der Waals surface area contributed by atoms with Gasteiger partial charge in [0.2, 0.25) is 10.0 Å². The second-order valence-corrected chi connectivity index (χ2v) is 8.74. The Morgan fingerprint density at radius 3 is 2.55 bits per heavy atom. The second kappa shape index (κ2) is 7.07. The Bertz CT molecular complexity index is 1340. The minimum Gasteiger partial charge on any atom is -0.476 e. The summed E-state index contributed by atoms with van der Waals surface area (Å²) < 4.78 is 39.0. The fourth-order valence-corrected chi connectivity index (χ4v) is 4.39. The number of aromatic nitrogens is 2. The summed E-state index contributed by atoms with van der Waals surface area (Å²) in [4.78, 5) is 15.2. The van der Waals surface area contributed by atoms with E-state index < -0.39 is 21.8 Å². The van der Waals surface area contributed by atoms with E-state index in [1.54, 1.807) is 30.5 Å². The van der Waals surface area contributed by atoms with Crippen LogP contribution in [0.25, 0.3) is 16.0 Å². The highest BCUT2D eigenvalue weighted by molar-refractivity contribution is 7.89. The summed E-state index contributed by atoms with van der Waals surface area (Å²) in [6.45, 7) is 0. The summed E-state index contributed by atoms with van der Waals surface area (Å²) in [7, 11) is -3.78. The lowest BCUT2D eigenvalue weighted by Crippen LogP contribution is -2.11. The van der Waals surface area contributed by atoms with Crippen molar-refractivity contribution in [3.8, 4) is 5.13 Å². The molecule has 4 aromatic rings. The van der Waals surface area contributed by atoms with Crippen LogP contribution in [0.2, 0.25) is 0 Å². The number of carboxylic acids is 1. The molecule has 0 amide bonds. The lowest BCUT2D eigenvalue weighted by Gasteiger charge is -2.03. The maximum Gasteiger partial charge on any atom is 0.355 e. The summed E-state index contributed by atoms with van der Waals surface area (Å²) in [5.74, 6) is -1.61. The Kier molecular flexibility index (Phi) is 4.69. The average Bonchev–Trinajstić information content (AvgIpc) is 3.28. The molecular weight excluding hydrogens is 417 g/mol. The van der Waals surface area contributed by atoms with Crippen molar-refractivity contribution < 1.29 is 22.7 Å². The van der Waals surface area contributed by atoms with E-state index in [0.717, 1.165) is 22.5 Å². The summed E-state index contributed by atoms with van der Waals surface area (Å²) in [6, 6.07) is 10.8. The van der Waals surface area contributed by atoms with E-state index in [1.165, 1.54) is 28.1 Å². The Morgan fingerprint density at radius 2 is 1.93 bits per heavy atom. The zero-order valence-corrected chi connectivity index (χ0v) is 16.4. The topological polar surface area (TPSA) is 115 Å². The quantitative estimate of drug-likeness (QED) is 0.504. The lowest BCUT2D eigenvalue weighted by atomic mass is 10.0. The highest BCUT2D eigenvalue weighted by atomic mass is 32.2. The van der Waals surface area contributed by atoms with Crippen molar-refractivity contribution in [3.63, 3.8) is 0 Å². The molecule has 0 bridgehead atoms. The Balaban J connectivity index is 1.79. The number of halogens is 1. The molecular formula is C19H14FN3O4S2. The van der Waals surface area contributed by atoms with Gasteiger partial charge in [0.15, 0.2) is 10.8 Å². The number of primary sulfonamides is 1. The van der Waals surface area contributed by atoms with Gasteiger partial charge >= 0.3 is 5.97 Å². The predicted octanol–water partition coefficient (Wildman–Crippen LogP) is 3.16. The van der Waals surface area contributed by atoms with E-state index in [-0.39, 0.29) is 10.6 Å². The molecule has 0 saturated carbocycles. The molecule has 0 aliphatic rings. The highest BCUT2D eigenvalue weighted by Gasteiger charge is 2.18. The third-order valence-corrected chi connectivity index (χ3v) is 6.19. The van der Waals surface area contributed by atoms with Gasteiger partial charge < -0.3 is 5.11 Å². The molecule has 10 heteroatoms. The molecule has 7 nitrogen and oxygen atoms in total. The molecule has 2 aromatic heterocycles. The first kappa shape index (κ1) is 19.2. The Hall–Kier alpha value is -3.08. The monoisotopic (exact) mass is 431 g/mol. The maximum absolute atomic E-state index is 14.6.